The van der Waals surface area contributed by atoms with Crippen molar-refractivity contribution >= 4 is 22.8 Å². The Kier molecular flexibility index (Phi) is 5.25. The van der Waals surface area contributed by atoms with Gasteiger partial charge in [-0.15, -0.1) is 0 Å². The Morgan fingerprint density at radius 1 is 1.14 bits per heavy atom. The summed E-state index contributed by atoms with van der Waals surface area (Å²) in [4.78, 5) is 30.0. The van der Waals surface area contributed by atoms with Crippen LogP contribution in [0.2, 0.25) is 0 Å². The van der Waals surface area contributed by atoms with Crippen LogP contribution in [0.15, 0.2) is 42.5 Å². The Balaban J connectivity index is 1.49. The third-order valence-corrected chi connectivity index (χ3v) is 5.51. The number of ether oxygens (including phenoxy) is 2. The number of hydrogen-bond donors (Lipinski definition) is 1. The number of nitrogens with one attached hydrogen (secondary N) is 1. The molecule has 29 heavy (non-hydrogen) atoms. The topological polar surface area (TPSA) is 71.6 Å². The van der Waals surface area contributed by atoms with E-state index in [1.165, 1.54) is 7.11 Å². The molecule has 6 nitrogen and oxygen atoms in total. The summed E-state index contributed by atoms with van der Waals surface area (Å²) < 4.78 is 10.1. The number of rotatable bonds is 5. The lowest BCUT2D eigenvalue weighted by atomic mass is 10.0. The van der Waals surface area contributed by atoms with Gasteiger partial charge in [0.1, 0.15) is 5.75 Å². The molecule has 1 aliphatic heterocycles. The van der Waals surface area contributed by atoms with Crippen molar-refractivity contribution in [2.24, 2.45) is 0 Å². The van der Waals surface area contributed by atoms with E-state index in [0.29, 0.717) is 31.5 Å². The minimum Gasteiger partial charge on any atom is -0.497 e. The second-order valence-electron chi connectivity index (χ2n) is 7.25. The van der Waals surface area contributed by atoms with Crippen LogP contribution in [0.1, 0.15) is 33.6 Å². The van der Waals surface area contributed by atoms with Gasteiger partial charge in [0.15, 0.2) is 0 Å². The molecule has 4 rings (SSSR count). The van der Waals surface area contributed by atoms with Crippen LogP contribution in [0.25, 0.3) is 10.9 Å². The summed E-state index contributed by atoms with van der Waals surface area (Å²) in [5.41, 5.74) is 4.81. The zero-order valence-electron chi connectivity index (χ0n) is 16.7. The van der Waals surface area contributed by atoms with Crippen LogP contribution in [-0.2, 0) is 28.9 Å². The number of amides is 1. The molecular formula is C23H24N2O4. The van der Waals surface area contributed by atoms with Crippen LogP contribution >= 0.6 is 0 Å². The highest BCUT2D eigenvalue weighted by atomic mass is 16.5. The molecule has 2 heterocycles. The number of methoxy groups -OCH3 is 2. The standard InChI is InChI=1S/C23H24N2O4/c1-28-17-5-3-4-15(12-17)6-9-22(26)25-11-10-21-19(14-25)18-13-16(23(27)29-2)7-8-20(18)24-21/h3-5,7-8,12-13,24H,6,9-11,14H2,1-2H3. The number of H-pyrrole nitrogens is 1. The van der Waals surface area contributed by atoms with Gasteiger partial charge in [0.05, 0.1) is 19.8 Å². The lowest BCUT2D eigenvalue weighted by Gasteiger charge is -2.27. The zero-order chi connectivity index (χ0) is 20.4. The summed E-state index contributed by atoms with van der Waals surface area (Å²) in [6.45, 7) is 1.25. The van der Waals surface area contributed by atoms with Gasteiger partial charge in [-0.3, -0.25) is 4.79 Å². The third-order valence-electron chi connectivity index (χ3n) is 5.51. The van der Waals surface area contributed by atoms with E-state index >= 15 is 0 Å². The Bertz CT molecular complexity index is 1070. The first-order valence-electron chi connectivity index (χ1n) is 9.71. The first kappa shape index (κ1) is 19.1. The second kappa shape index (κ2) is 7.99. The predicted molar refractivity (Wildman–Crippen MR) is 110 cm³/mol. The number of carbonyl (C=O) groups excluding carboxylic acids is 2. The molecule has 3 aromatic rings. The maximum absolute atomic E-state index is 12.8. The van der Waals surface area contributed by atoms with Crippen molar-refractivity contribution in [2.45, 2.75) is 25.8 Å². The molecule has 0 bridgehead atoms. The minimum absolute atomic E-state index is 0.136. The van der Waals surface area contributed by atoms with Gasteiger partial charge < -0.3 is 19.4 Å². The zero-order valence-corrected chi connectivity index (χ0v) is 16.7. The molecular weight excluding hydrogens is 368 g/mol. The second-order valence-corrected chi connectivity index (χ2v) is 7.25. The SMILES string of the molecule is COC(=O)c1ccc2[nH]c3c(c2c1)CN(C(=O)CCc1cccc(OC)c1)CC3. The maximum Gasteiger partial charge on any atom is 0.337 e. The van der Waals surface area contributed by atoms with Crippen molar-refractivity contribution in [3.05, 3.63) is 64.8 Å². The molecule has 0 saturated carbocycles. The van der Waals surface area contributed by atoms with Crippen LogP contribution in [0, 0.1) is 0 Å². The van der Waals surface area contributed by atoms with Crippen LogP contribution in [0.5, 0.6) is 5.75 Å². The molecule has 1 amide bonds. The molecule has 0 aliphatic carbocycles. The average Bonchev–Trinajstić information content (AvgIpc) is 3.14. The molecule has 0 radical (unpaired) electrons. The van der Waals surface area contributed by atoms with Gasteiger partial charge in [0.2, 0.25) is 5.91 Å². The fourth-order valence-corrected chi connectivity index (χ4v) is 3.91. The largest absolute Gasteiger partial charge is 0.497 e. The van der Waals surface area contributed by atoms with E-state index in [9.17, 15) is 9.59 Å². The number of fused-ring (bicyclic) bond motifs is 3. The number of carbonyl (C=O) groups is 2. The monoisotopic (exact) mass is 392 g/mol. The Hall–Kier alpha value is -3.28. The fraction of sp³-hybridized carbons (Fsp3) is 0.304. The van der Waals surface area contributed by atoms with Gasteiger partial charge in [-0.2, -0.15) is 0 Å². The smallest absolute Gasteiger partial charge is 0.337 e. The van der Waals surface area contributed by atoms with E-state index in [-0.39, 0.29) is 11.9 Å². The first-order valence-corrected chi connectivity index (χ1v) is 9.71. The normalized spacial score (nSPS) is 13.2. The predicted octanol–water partition coefficient (Wildman–Crippen LogP) is 3.48. The highest BCUT2D eigenvalue weighted by Crippen LogP contribution is 2.29. The molecule has 1 N–H and O–H groups in total. The molecule has 0 fully saturated rings. The summed E-state index contributed by atoms with van der Waals surface area (Å²) in [7, 11) is 3.02. The van der Waals surface area contributed by atoms with E-state index < -0.39 is 0 Å². The number of aromatic nitrogens is 1. The number of aromatic amines is 1. The van der Waals surface area contributed by atoms with E-state index in [4.69, 9.17) is 9.47 Å². The summed E-state index contributed by atoms with van der Waals surface area (Å²) in [5, 5.41) is 0.980. The number of esters is 1. The van der Waals surface area contributed by atoms with Gasteiger partial charge in [-0.1, -0.05) is 12.1 Å². The molecule has 150 valence electrons. The highest BCUT2D eigenvalue weighted by Gasteiger charge is 2.24. The van der Waals surface area contributed by atoms with Gasteiger partial charge in [-0.25, -0.2) is 4.79 Å². The summed E-state index contributed by atoms with van der Waals surface area (Å²) in [6.07, 6.45) is 1.92. The molecule has 2 aromatic carbocycles. The van der Waals surface area contributed by atoms with Crippen molar-refractivity contribution in [1.82, 2.24) is 9.88 Å². The average molecular weight is 392 g/mol. The molecule has 1 aliphatic rings. The highest BCUT2D eigenvalue weighted by molar-refractivity contribution is 5.96. The maximum atomic E-state index is 12.8. The van der Waals surface area contributed by atoms with Gasteiger partial charge in [-0.05, 0) is 42.3 Å². The Morgan fingerprint density at radius 2 is 2.00 bits per heavy atom. The summed E-state index contributed by atoms with van der Waals surface area (Å²) >= 11 is 0. The Labute approximate surface area is 169 Å². The molecule has 0 unspecified atom stereocenters. The van der Waals surface area contributed by atoms with Crippen LogP contribution in [0.3, 0.4) is 0 Å². The van der Waals surface area contributed by atoms with Crippen LogP contribution < -0.4 is 4.74 Å². The fourth-order valence-electron chi connectivity index (χ4n) is 3.91. The van der Waals surface area contributed by atoms with E-state index in [1.807, 2.05) is 41.3 Å². The molecule has 6 heteroatoms. The van der Waals surface area contributed by atoms with Crippen molar-refractivity contribution in [1.29, 1.82) is 0 Å². The lowest BCUT2D eigenvalue weighted by Crippen LogP contribution is -2.35. The molecule has 0 spiro atoms. The quantitative estimate of drug-likeness (QED) is 0.675. The lowest BCUT2D eigenvalue weighted by molar-refractivity contribution is -0.132. The minimum atomic E-state index is -0.358. The summed E-state index contributed by atoms with van der Waals surface area (Å²) in [6, 6.07) is 13.3. The third kappa shape index (κ3) is 3.83. The van der Waals surface area contributed by atoms with Gasteiger partial charge >= 0.3 is 5.97 Å². The van der Waals surface area contributed by atoms with Crippen molar-refractivity contribution in [3.8, 4) is 5.75 Å². The number of hydrogen-bond acceptors (Lipinski definition) is 4. The van der Waals surface area contributed by atoms with E-state index in [1.54, 1.807) is 13.2 Å². The van der Waals surface area contributed by atoms with Crippen LogP contribution in [0.4, 0.5) is 0 Å². The van der Waals surface area contributed by atoms with Crippen LogP contribution in [-0.4, -0.2) is 42.5 Å². The summed E-state index contributed by atoms with van der Waals surface area (Å²) in [5.74, 6) is 0.582. The van der Waals surface area contributed by atoms with E-state index in [0.717, 1.165) is 39.9 Å². The number of nitrogens with zero attached hydrogens (tertiary/aromatic N) is 1. The molecule has 1 aromatic heterocycles. The Morgan fingerprint density at radius 3 is 2.79 bits per heavy atom. The molecule has 0 atom stereocenters. The van der Waals surface area contributed by atoms with Gasteiger partial charge in [0.25, 0.3) is 0 Å². The van der Waals surface area contributed by atoms with Crippen molar-refractivity contribution < 1.29 is 19.1 Å². The molecule has 0 saturated heterocycles. The van der Waals surface area contributed by atoms with Crippen molar-refractivity contribution in [3.63, 3.8) is 0 Å². The van der Waals surface area contributed by atoms with Crippen molar-refractivity contribution in [2.75, 3.05) is 20.8 Å². The number of benzene rings is 2. The van der Waals surface area contributed by atoms with Gasteiger partial charge in [0, 0.05) is 48.1 Å². The number of aryl methyl sites for hydroxylation is 1. The first-order chi connectivity index (χ1) is 14.1. The van der Waals surface area contributed by atoms with E-state index in [2.05, 4.69) is 4.98 Å².